The molecule has 2 aromatic rings. The van der Waals surface area contributed by atoms with Gasteiger partial charge in [-0.3, -0.25) is 0 Å². The van der Waals surface area contributed by atoms with Crippen LogP contribution in [0.4, 0.5) is 5.69 Å². The zero-order chi connectivity index (χ0) is 13.8. The second-order valence-electron chi connectivity index (χ2n) is 4.46. The van der Waals surface area contributed by atoms with E-state index in [1.54, 1.807) is 12.1 Å². The van der Waals surface area contributed by atoms with Crippen molar-refractivity contribution in [2.45, 2.75) is 13.0 Å². The van der Waals surface area contributed by atoms with Crippen LogP contribution < -0.4 is 5.32 Å². The molecule has 0 bridgehead atoms. The van der Waals surface area contributed by atoms with Gasteiger partial charge in [0.25, 0.3) is 0 Å². The summed E-state index contributed by atoms with van der Waals surface area (Å²) in [6.45, 7) is 1.95. The number of anilines is 1. The number of rotatable bonds is 4. The Bertz CT molecular complexity index is 572. The van der Waals surface area contributed by atoms with E-state index in [-0.39, 0.29) is 23.4 Å². The lowest BCUT2D eigenvalue weighted by Gasteiger charge is -2.19. The van der Waals surface area contributed by atoms with Crippen LogP contribution in [0.2, 0.25) is 5.02 Å². The van der Waals surface area contributed by atoms with Crippen LogP contribution in [0.5, 0.6) is 5.75 Å². The molecule has 3 N–H and O–H groups in total. The summed E-state index contributed by atoms with van der Waals surface area (Å²) in [4.78, 5) is 0. The number of benzene rings is 2. The Hall–Kier alpha value is -1.71. The molecule has 1 unspecified atom stereocenters. The highest BCUT2D eigenvalue weighted by Crippen LogP contribution is 2.28. The Morgan fingerprint density at radius 2 is 2.00 bits per heavy atom. The maximum absolute atomic E-state index is 9.50. The van der Waals surface area contributed by atoms with Gasteiger partial charge in [-0.25, -0.2) is 0 Å². The fourth-order valence-electron chi connectivity index (χ4n) is 1.91. The van der Waals surface area contributed by atoms with Crippen molar-refractivity contribution < 1.29 is 10.2 Å². The van der Waals surface area contributed by atoms with Crippen LogP contribution >= 0.6 is 11.6 Å². The highest BCUT2D eigenvalue weighted by atomic mass is 35.5. The fourth-order valence-corrected chi connectivity index (χ4v) is 2.10. The molecule has 100 valence electrons. The van der Waals surface area contributed by atoms with Crippen LogP contribution in [0.15, 0.2) is 42.5 Å². The smallest absolute Gasteiger partial charge is 0.134 e. The average Bonchev–Trinajstić information content (AvgIpc) is 2.39. The summed E-state index contributed by atoms with van der Waals surface area (Å²) in [5.74, 6) is 0.0395. The van der Waals surface area contributed by atoms with Gasteiger partial charge in [0.1, 0.15) is 5.75 Å². The van der Waals surface area contributed by atoms with Crippen molar-refractivity contribution in [1.82, 2.24) is 0 Å². The van der Waals surface area contributed by atoms with Crippen molar-refractivity contribution in [3.8, 4) is 5.75 Å². The van der Waals surface area contributed by atoms with Crippen molar-refractivity contribution in [3.63, 3.8) is 0 Å². The van der Waals surface area contributed by atoms with Gasteiger partial charge in [-0.15, -0.1) is 0 Å². The molecule has 3 nitrogen and oxygen atoms in total. The van der Waals surface area contributed by atoms with E-state index in [2.05, 4.69) is 5.32 Å². The van der Waals surface area contributed by atoms with Crippen molar-refractivity contribution in [2.24, 2.45) is 0 Å². The first-order valence-corrected chi connectivity index (χ1v) is 6.40. The predicted molar refractivity (Wildman–Crippen MR) is 77.7 cm³/mol. The van der Waals surface area contributed by atoms with Crippen LogP contribution in [-0.2, 0) is 0 Å². The number of phenolic OH excluding ortho intramolecular Hbond substituents is 1. The molecular formula is C15H16ClNO2. The monoisotopic (exact) mass is 277 g/mol. The van der Waals surface area contributed by atoms with Crippen molar-refractivity contribution >= 4 is 17.3 Å². The summed E-state index contributed by atoms with van der Waals surface area (Å²) >= 11 is 5.88. The van der Waals surface area contributed by atoms with Crippen LogP contribution in [0.25, 0.3) is 0 Å². The number of halogens is 1. The lowest BCUT2D eigenvalue weighted by atomic mass is 10.1. The molecule has 0 fully saturated rings. The minimum absolute atomic E-state index is 0.0395. The van der Waals surface area contributed by atoms with E-state index in [1.807, 2.05) is 31.2 Å². The maximum Gasteiger partial charge on any atom is 0.134 e. The quantitative estimate of drug-likeness (QED) is 0.802. The minimum Gasteiger partial charge on any atom is -0.506 e. The fraction of sp³-hybridized carbons (Fsp3) is 0.200. The van der Waals surface area contributed by atoms with E-state index in [9.17, 15) is 10.2 Å². The molecule has 0 spiro atoms. The first kappa shape index (κ1) is 13.7. The lowest BCUT2D eigenvalue weighted by molar-refractivity contribution is 0.276. The first-order chi connectivity index (χ1) is 9.10. The molecule has 0 saturated carbocycles. The van der Waals surface area contributed by atoms with Crippen LogP contribution in [0.3, 0.4) is 0 Å². The first-order valence-electron chi connectivity index (χ1n) is 6.02. The largest absolute Gasteiger partial charge is 0.506 e. The number of aliphatic hydroxyl groups is 1. The molecule has 0 radical (unpaired) electrons. The number of aliphatic hydroxyl groups excluding tert-OH is 1. The molecule has 19 heavy (non-hydrogen) atoms. The van der Waals surface area contributed by atoms with E-state index >= 15 is 0 Å². The number of phenols is 1. The molecule has 1 atom stereocenters. The number of aromatic hydroxyl groups is 1. The van der Waals surface area contributed by atoms with Gasteiger partial charge in [0.05, 0.1) is 17.7 Å². The second-order valence-corrected chi connectivity index (χ2v) is 4.87. The average molecular weight is 278 g/mol. The highest BCUT2D eigenvalue weighted by molar-refractivity contribution is 6.32. The zero-order valence-corrected chi connectivity index (χ0v) is 11.4. The molecule has 2 aromatic carbocycles. The van der Waals surface area contributed by atoms with E-state index in [0.717, 1.165) is 16.8 Å². The van der Waals surface area contributed by atoms with Gasteiger partial charge in [0, 0.05) is 5.69 Å². The van der Waals surface area contributed by atoms with Crippen molar-refractivity contribution in [3.05, 3.63) is 58.6 Å². The molecule has 0 aliphatic heterocycles. The summed E-state index contributed by atoms with van der Waals surface area (Å²) in [7, 11) is 0. The normalized spacial score (nSPS) is 12.2. The van der Waals surface area contributed by atoms with Crippen LogP contribution in [-0.4, -0.2) is 16.8 Å². The van der Waals surface area contributed by atoms with Crippen molar-refractivity contribution in [1.29, 1.82) is 0 Å². The number of aryl methyl sites for hydroxylation is 1. The Kier molecular flexibility index (Phi) is 4.30. The molecule has 2 rings (SSSR count). The van der Waals surface area contributed by atoms with E-state index in [1.165, 1.54) is 6.07 Å². The number of nitrogens with one attached hydrogen (secondary N) is 1. The number of hydrogen-bond donors (Lipinski definition) is 3. The lowest BCUT2D eigenvalue weighted by Crippen LogP contribution is -2.14. The predicted octanol–water partition coefficient (Wildman–Crippen LogP) is 3.50. The van der Waals surface area contributed by atoms with E-state index in [0.29, 0.717) is 0 Å². The van der Waals surface area contributed by atoms with Crippen LogP contribution in [0, 0.1) is 6.92 Å². The van der Waals surface area contributed by atoms with Crippen LogP contribution in [0.1, 0.15) is 17.2 Å². The number of hydrogen-bond acceptors (Lipinski definition) is 3. The molecule has 4 heteroatoms. The van der Waals surface area contributed by atoms with Gasteiger partial charge in [-0.1, -0.05) is 29.8 Å². The maximum atomic E-state index is 9.50. The third kappa shape index (κ3) is 3.40. The van der Waals surface area contributed by atoms with Gasteiger partial charge in [0.15, 0.2) is 0 Å². The summed E-state index contributed by atoms with van der Waals surface area (Å²) in [5.41, 5.74) is 2.90. The SMILES string of the molecule is Cc1cccc(NC(CO)c2ccc(O)c(Cl)c2)c1. The standard InChI is InChI=1S/C15H16ClNO2/c1-10-3-2-4-12(7-10)17-14(9-18)11-5-6-15(19)13(16)8-11/h2-8,14,17-19H,9H2,1H3. The summed E-state index contributed by atoms with van der Waals surface area (Å²) in [6.07, 6.45) is 0. The second kappa shape index (κ2) is 5.95. The molecule has 0 heterocycles. The summed E-state index contributed by atoms with van der Waals surface area (Å²) in [5, 5.41) is 22.4. The van der Waals surface area contributed by atoms with Gasteiger partial charge in [-0.05, 0) is 42.3 Å². The Balaban J connectivity index is 2.22. The molecular weight excluding hydrogens is 262 g/mol. The minimum atomic E-state index is -0.264. The van der Waals surface area contributed by atoms with Gasteiger partial charge in [-0.2, -0.15) is 0 Å². The Morgan fingerprint density at radius 1 is 1.21 bits per heavy atom. The molecule has 0 aromatic heterocycles. The van der Waals surface area contributed by atoms with E-state index < -0.39 is 0 Å². The van der Waals surface area contributed by atoms with E-state index in [4.69, 9.17) is 11.6 Å². The summed E-state index contributed by atoms with van der Waals surface area (Å²) < 4.78 is 0. The Labute approximate surface area is 117 Å². The zero-order valence-electron chi connectivity index (χ0n) is 10.6. The molecule has 0 aliphatic rings. The molecule has 0 saturated heterocycles. The van der Waals surface area contributed by atoms with Gasteiger partial charge in [0.2, 0.25) is 0 Å². The summed E-state index contributed by atoms with van der Waals surface area (Å²) in [6, 6.07) is 12.6. The topological polar surface area (TPSA) is 52.5 Å². The highest BCUT2D eigenvalue weighted by Gasteiger charge is 2.12. The molecule has 0 aliphatic carbocycles. The third-order valence-corrected chi connectivity index (χ3v) is 3.22. The third-order valence-electron chi connectivity index (χ3n) is 2.92. The molecule has 0 amide bonds. The van der Waals surface area contributed by atoms with Gasteiger partial charge < -0.3 is 15.5 Å². The van der Waals surface area contributed by atoms with Crippen molar-refractivity contribution in [2.75, 3.05) is 11.9 Å². The Morgan fingerprint density at radius 3 is 2.63 bits per heavy atom. The van der Waals surface area contributed by atoms with Gasteiger partial charge >= 0.3 is 0 Å².